The number of carbonyl (C=O) groups is 1. The van der Waals surface area contributed by atoms with Crippen LogP contribution in [0.4, 0.5) is 8.78 Å². The molecule has 4 rings (SSSR count). The van der Waals surface area contributed by atoms with Crippen LogP contribution in [-0.4, -0.2) is 27.0 Å². The number of fused-ring (bicyclic) bond motifs is 2. The Balaban J connectivity index is 1.71. The number of nitrogens with zero attached hydrogens (tertiary/aromatic N) is 3. The third kappa shape index (κ3) is 2.63. The molecular formula is C18H14BrF2N3O. The van der Waals surface area contributed by atoms with E-state index in [1.165, 1.54) is 0 Å². The lowest BCUT2D eigenvalue weighted by molar-refractivity contribution is 0.0665. The molecule has 2 aromatic heterocycles. The molecule has 0 radical (unpaired) electrons. The molecule has 1 aliphatic rings. The van der Waals surface area contributed by atoms with E-state index in [4.69, 9.17) is 0 Å². The zero-order chi connectivity index (χ0) is 17.7. The van der Waals surface area contributed by atoms with Crippen molar-refractivity contribution in [1.29, 1.82) is 0 Å². The zero-order valence-electron chi connectivity index (χ0n) is 13.3. The number of amides is 1. The molecule has 0 N–H and O–H groups in total. The van der Waals surface area contributed by atoms with E-state index >= 15 is 0 Å². The summed E-state index contributed by atoms with van der Waals surface area (Å²) < 4.78 is 30.6. The fraction of sp³-hybridized carbons (Fsp3) is 0.222. The van der Waals surface area contributed by atoms with Crippen LogP contribution < -0.4 is 0 Å². The molecule has 0 fully saturated rings. The average Bonchev–Trinajstić information content (AvgIpc) is 3.00. The molecule has 1 amide bonds. The minimum Gasteiger partial charge on any atom is -0.330 e. The predicted octanol–water partition coefficient (Wildman–Crippen LogP) is 4.13. The van der Waals surface area contributed by atoms with Crippen molar-refractivity contribution in [3.05, 3.63) is 69.5 Å². The number of aromatic nitrogens is 2. The lowest BCUT2D eigenvalue weighted by Crippen LogP contribution is -2.40. The summed E-state index contributed by atoms with van der Waals surface area (Å²) in [5.41, 5.74) is 1.68. The number of halogens is 3. The maximum Gasteiger partial charge on any atom is 0.274 e. The van der Waals surface area contributed by atoms with Gasteiger partial charge in [-0.2, -0.15) is 5.10 Å². The van der Waals surface area contributed by atoms with E-state index in [1.54, 1.807) is 28.6 Å². The van der Waals surface area contributed by atoms with Gasteiger partial charge in [0, 0.05) is 22.8 Å². The zero-order valence-corrected chi connectivity index (χ0v) is 14.9. The summed E-state index contributed by atoms with van der Waals surface area (Å²) in [4.78, 5) is 14.4. The van der Waals surface area contributed by atoms with Gasteiger partial charge < -0.3 is 4.90 Å². The maximum atomic E-state index is 14.2. The Bertz CT molecular complexity index is 1000. The first-order valence-electron chi connectivity index (χ1n) is 7.88. The van der Waals surface area contributed by atoms with Crippen molar-refractivity contribution in [2.24, 2.45) is 0 Å². The first-order chi connectivity index (χ1) is 12.0. The van der Waals surface area contributed by atoms with Crippen LogP contribution in [0.15, 0.2) is 41.0 Å². The summed E-state index contributed by atoms with van der Waals surface area (Å²) in [6.45, 7) is 2.04. The smallest absolute Gasteiger partial charge is 0.274 e. The second-order valence-electron chi connectivity index (χ2n) is 6.09. The lowest BCUT2D eigenvalue weighted by atomic mass is 9.92. The largest absolute Gasteiger partial charge is 0.330 e. The van der Waals surface area contributed by atoms with Crippen molar-refractivity contribution in [1.82, 2.24) is 14.5 Å². The van der Waals surface area contributed by atoms with Crippen molar-refractivity contribution < 1.29 is 13.6 Å². The number of hydrogen-bond acceptors (Lipinski definition) is 2. The molecule has 1 unspecified atom stereocenters. The van der Waals surface area contributed by atoms with Crippen LogP contribution in [0.2, 0.25) is 0 Å². The minimum absolute atomic E-state index is 0.256. The van der Waals surface area contributed by atoms with Crippen molar-refractivity contribution in [2.45, 2.75) is 19.4 Å². The van der Waals surface area contributed by atoms with E-state index in [0.29, 0.717) is 12.1 Å². The number of carbonyl (C=O) groups excluding carboxylic acids is 1. The molecule has 1 aliphatic heterocycles. The Kier molecular flexibility index (Phi) is 3.83. The second kappa shape index (κ2) is 5.91. The monoisotopic (exact) mass is 405 g/mol. The molecular weight excluding hydrogens is 392 g/mol. The first kappa shape index (κ1) is 16.2. The van der Waals surface area contributed by atoms with E-state index in [9.17, 15) is 13.6 Å². The van der Waals surface area contributed by atoms with E-state index in [2.05, 4.69) is 21.0 Å². The molecule has 4 nitrogen and oxygen atoms in total. The molecule has 7 heteroatoms. The normalized spacial score (nSPS) is 17.0. The Labute approximate surface area is 151 Å². The van der Waals surface area contributed by atoms with Crippen molar-refractivity contribution in [2.75, 3.05) is 6.54 Å². The highest BCUT2D eigenvalue weighted by atomic mass is 79.9. The quantitative estimate of drug-likeness (QED) is 0.610. The number of pyridine rings is 1. The molecule has 3 aromatic rings. The number of rotatable bonds is 1. The van der Waals surface area contributed by atoms with Crippen molar-refractivity contribution >= 4 is 27.4 Å². The Morgan fingerprint density at radius 1 is 1.24 bits per heavy atom. The summed E-state index contributed by atoms with van der Waals surface area (Å²) in [6, 6.07) is 7.10. The molecule has 0 saturated carbocycles. The molecule has 0 saturated heterocycles. The van der Waals surface area contributed by atoms with Gasteiger partial charge in [-0.1, -0.05) is 0 Å². The van der Waals surface area contributed by atoms with Crippen LogP contribution in [0.1, 0.15) is 34.6 Å². The van der Waals surface area contributed by atoms with Gasteiger partial charge in [0.05, 0.1) is 11.6 Å². The standard InChI is InChI=1S/C18H14BrF2N3O/c1-10-17-13(14(20)4-5-15(17)21)6-7-23(10)18(25)16-8-12-3-2-11(19)9-24(12)22-16/h2-5,8-10H,6-7H2,1H3. The van der Waals surface area contributed by atoms with Gasteiger partial charge >= 0.3 is 0 Å². The average molecular weight is 406 g/mol. The van der Waals surface area contributed by atoms with Gasteiger partial charge in [-0.05, 0) is 65.2 Å². The molecule has 0 bridgehead atoms. The van der Waals surface area contributed by atoms with Gasteiger partial charge in [0.2, 0.25) is 0 Å². The summed E-state index contributed by atoms with van der Waals surface area (Å²) in [5, 5.41) is 4.31. The molecule has 1 atom stereocenters. The van der Waals surface area contributed by atoms with Gasteiger partial charge in [0.15, 0.2) is 5.69 Å². The van der Waals surface area contributed by atoms with Crippen LogP contribution in [0.3, 0.4) is 0 Å². The lowest BCUT2D eigenvalue weighted by Gasteiger charge is -2.35. The molecule has 3 heterocycles. The predicted molar refractivity (Wildman–Crippen MR) is 92.4 cm³/mol. The van der Waals surface area contributed by atoms with Crippen molar-refractivity contribution in [3.63, 3.8) is 0 Å². The van der Waals surface area contributed by atoms with Crippen LogP contribution in [0, 0.1) is 11.6 Å². The van der Waals surface area contributed by atoms with Gasteiger partial charge in [-0.25, -0.2) is 13.3 Å². The molecule has 0 spiro atoms. The van der Waals surface area contributed by atoms with Gasteiger partial charge in [0.1, 0.15) is 11.6 Å². The SMILES string of the molecule is CC1c2c(F)ccc(F)c2CCN1C(=O)c1cc2ccc(Br)cn2n1. The van der Waals surface area contributed by atoms with Crippen LogP contribution in [0.5, 0.6) is 0 Å². The van der Waals surface area contributed by atoms with E-state index in [0.717, 1.165) is 22.1 Å². The topological polar surface area (TPSA) is 37.6 Å². The number of hydrogen-bond donors (Lipinski definition) is 0. The molecule has 128 valence electrons. The fourth-order valence-corrected chi connectivity index (χ4v) is 3.71. The molecule has 1 aromatic carbocycles. The first-order valence-corrected chi connectivity index (χ1v) is 8.67. The van der Waals surface area contributed by atoms with E-state index in [1.807, 2.05) is 12.1 Å². The van der Waals surface area contributed by atoms with E-state index < -0.39 is 17.7 Å². The van der Waals surface area contributed by atoms with Crippen LogP contribution in [-0.2, 0) is 6.42 Å². The van der Waals surface area contributed by atoms with Gasteiger partial charge in [0.25, 0.3) is 5.91 Å². The second-order valence-corrected chi connectivity index (χ2v) is 7.01. The Morgan fingerprint density at radius 3 is 2.80 bits per heavy atom. The van der Waals surface area contributed by atoms with Crippen molar-refractivity contribution in [3.8, 4) is 0 Å². The third-order valence-electron chi connectivity index (χ3n) is 4.64. The third-order valence-corrected chi connectivity index (χ3v) is 5.11. The highest BCUT2D eigenvalue weighted by Gasteiger charge is 2.33. The minimum atomic E-state index is -0.552. The highest BCUT2D eigenvalue weighted by Crippen LogP contribution is 2.33. The van der Waals surface area contributed by atoms with Gasteiger partial charge in [-0.3, -0.25) is 4.79 Å². The van der Waals surface area contributed by atoms with Gasteiger partial charge in [-0.15, -0.1) is 0 Å². The molecule has 0 aliphatic carbocycles. The Hall–Kier alpha value is -2.28. The highest BCUT2D eigenvalue weighted by molar-refractivity contribution is 9.10. The summed E-state index contributed by atoms with van der Waals surface area (Å²) in [7, 11) is 0. The summed E-state index contributed by atoms with van der Waals surface area (Å²) in [6.07, 6.45) is 2.05. The van der Waals surface area contributed by atoms with E-state index in [-0.39, 0.29) is 23.6 Å². The van der Waals surface area contributed by atoms with Crippen LogP contribution >= 0.6 is 15.9 Å². The number of benzene rings is 1. The molecule has 25 heavy (non-hydrogen) atoms. The summed E-state index contributed by atoms with van der Waals surface area (Å²) in [5.74, 6) is -1.20. The Morgan fingerprint density at radius 2 is 2.00 bits per heavy atom. The van der Waals surface area contributed by atoms with Crippen LogP contribution in [0.25, 0.3) is 5.52 Å². The maximum absolute atomic E-state index is 14.2. The fourth-order valence-electron chi connectivity index (χ4n) is 3.39. The summed E-state index contributed by atoms with van der Waals surface area (Å²) >= 11 is 3.36.